The highest BCUT2D eigenvalue weighted by molar-refractivity contribution is 5.78. The lowest BCUT2D eigenvalue weighted by atomic mass is 10.2. The zero-order valence-corrected chi connectivity index (χ0v) is 21.9. The maximum Gasteiger partial charge on any atom is 0.407 e. The quantitative estimate of drug-likeness (QED) is 0.0851. The summed E-state index contributed by atoms with van der Waals surface area (Å²) < 4.78 is 23.5. The molecule has 1 rings (SSSR count). The predicted molar refractivity (Wildman–Crippen MR) is 134 cm³/mol. The fourth-order valence-electron chi connectivity index (χ4n) is 2.90. The molecule has 0 aliphatic heterocycles. The van der Waals surface area contributed by atoms with Crippen LogP contribution in [0.5, 0.6) is 0 Å². The van der Waals surface area contributed by atoms with E-state index in [2.05, 4.69) is 15.8 Å². The third-order valence-electron chi connectivity index (χ3n) is 4.61. The van der Waals surface area contributed by atoms with Gasteiger partial charge >= 0.3 is 6.09 Å². The number of hydrogen-bond acceptors (Lipinski definition) is 8. The Balaban J connectivity index is 1.83. The first-order valence-corrected chi connectivity index (χ1v) is 12.4. The maximum atomic E-state index is 11.9. The number of oxime groups is 1. The van der Waals surface area contributed by atoms with Gasteiger partial charge in [-0.3, -0.25) is 4.79 Å². The number of carbonyl (C=O) groups excluding carboxylic acids is 2. The molecule has 0 atom stereocenters. The largest absolute Gasteiger partial charge is 0.444 e. The van der Waals surface area contributed by atoms with Crippen LogP contribution < -0.4 is 15.2 Å². The number of aromatic nitrogens is 1. The minimum Gasteiger partial charge on any atom is -0.444 e. The van der Waals surface area contributed by atoms with Crippen molar-refractivity contribution in [1.29, 1.82) is 0 Å². The van der Waals surface area contributed by atoms with E-state index in [1.165, 1.54) is 6.21 Å². The molecule has 0 aliphatic rings. The average Bonchev–Trinajstić information content (AvgIpc) is 2.81. The molecule has 3 N–H and O–H groups in total. The lowest BCUT2D eigenvalue weighted by molar-refractivity contribution is -0.697. The minimum atomic E-state index is -0.495. The van der Waals surface area contributed by atoms with Crippen LogP contribution in [0.25, 0.3) is 0 Å². The first-order valence-electron chi connectivity index (χ1n) is 12.4. The van der Waals surface area contributed by atoms with Gasteiger partial charge in [0.1, 0.15) is 12.1 Å². The van der Waals surface area contributed by atoms with Gasteiger partial charge in [0, 0.05) is 56.8 Å². The minimum absolute atomic E-state index is 0.0311. The summed E-state index contributed by atoms with van der Waals surface area (Å²) in [5, 5.41) is 17.1. The molecule has 0 aliphatic carbocycles. The zero-order valence-electron chi connectivity index (χ0n) is 21.9. The summed E-state index contributed by atoms with van der Waals surface area (Å²) in [6, 6.07) is 3.69. The van der Waals surface area contributed by atoms with Gasteiger partial charge in [-0.1, -0.05) is 5.16 Å². The molecule has 0 unspecified atom stereocenters. The predicted octanol–water partition coefficient (Wildman–Crippen LogP) is 2.03. The van der Waals surface area contributed by atoms with Gasteiger partial charge < -0.3 is 34.8 Å². The van der Waals surface area contributed by atoms with Gasteiger partial charge in [-0.25, -0.2) is 9.36 Å². The summed E-state index contributed by atoms with van der Waals surface area (Å²) in [6.45, 7) is 10.3. The standard InChI is InChI=1S/C25H42N4O7/c1-25(2,3)36-24(31)27-11-6-16-34-18-20-35-19-17-33-15-5-10-26-23(30)7-4-12-29-13-8-22(9-14-29)21-28-32/h8-9,13-14,21H,4-7,10-12,15-20H2,1-3H3,(H2,26,27,30,31)/p+1. The van der Waals surface area contributed by atoms with E-state index in [9.17, 15) is 9.59 Å². The van der Waals surface area contributed by atoms with E-state index in [1.54, 1.807) is 0 Å². The Hall–Kier alpha value is -2.76. The van der Waals surface area contributed by atoms with Crippen molar-refractivity contribution in [2.24, 2.45) is 5.16 Å². The van der Waals surface area contributed by atoms with Gasteiger partial charge in [-0.05, 0) is 33.6 Å². The highest BCUT2D eigenvalue weighted by atomic mass is 16.6. The molecule has 2 amide bonds. The van der Waals surface area contributed by atoms with Gasteiger partial charge in [-0.15, -0.1) is 0 Å². The van der Waals surface area contributed by atoms with E-state index < -0.39 is 11.7 Å². The number of rotatable bonds is 19. The molecule has 0 saturated heterocycles. The molecule has 0 aromatic carbocycles. The second kappa shape index (κ2) is 19.4. The molecule has 11 nitrogen and oxygen atoms in total. The van der Waals surface area contributed by atoms with E-state index in [4.69, 9.17) is 24.2 Å². The van der Waals surface area contributed by atoms with Crippen molar-refractivity contribution >= 4 is 18.2 Å². The number of carbonyl (C=O) groups is 2. The molecular weight excluding hydrogens is 468 g/mol. The van der Waals surface area contributed by atoms with Crippen molar-refractivity contribution in [3.8, 4) is 0 Å². The molecule has 1 heterocycles. The summed E-state index contributed by atoms with van der Waals surface area (Å²) in [6.07, 6.45) is 7.37. The van der Waals surface area contributed by atoms with Gasteiger partial charge in [0.05, 0.1) is 32.6 Å². The van der Waals surface area contributed by atoms with Crippen LogP contribution in [0.15, 0.2) is 29.7 Å². The van der Waals surface area contributed by atoms with Crippen molar-refractivity contribution in [1.82, 2.24) is 10.6 Å². The highest BCUT2D eigenvalue weighted by Crippen LogP contribution is 2.06. The highest BCUT2D eigenvalue weighted by Gasteiger charge is 2.15. The molecule has 0 fully saturated rings. The SMILES string of the molecule is CC(C)(C)OC(=O)NCCCOCCOCCOCCCNC(=O)CCC[n+]1ccc(/C=N/O)cc1. The van der Waals surface area contributed by atoms with Crippen LogP contribution in [0.3, 0.4) is 0 Å². The Morgan fingerprint density at radius 2 is 1.47 bits per heavy atom. The third-order valence-corrected chi connectivity index (χ3v) is 4.61. The summed E-state index contributed by atoms with van der Waals surface area (Å²) in [4.78, 5) is 23.4. The fraction of sp³-hybridized carbons (Fsp3) is 0.680. The van der Waals surface area contributed by atoms with Gasteiger partial charge in [0.2, 0.25) is 5.91 Å². The fourth-order valence-corrected chi connectivity index (χ4v) is 2.90. The first kappa shape index (κ1) is 31.3. The monoisotopic (exact) mass is 511 g/mol. The van der Waals surface area contributed by atoms with E-state index >= 15 is 0 Å². The summed E-state index contributed by atoms with van der Waals surface area (Å²) >= 11 is 0. The van der Waals surface area contributed by atoms with Gasteiger partial charge in [-0.2, -0.15) is 0 Å². The molecular formula is C25H43N4O7+. The smallest absolute Gasteiger partial charge is 0.407 e. The average molecular weight is 512 g/mol. The molecule has 204 valence electrons. The van der Waals surface area contributed by atoms with E-state index in [1.807, 2.05) is 49.9 Å². The Kier molecular flexibility index (Phi) is 16.9. The van der Waals surface area contributed by atoms with Crippen LogP contribution in [0.2, 0.25) is 0 Å². The Morgan fingerprint density at radius 1 is 0.917 bits per heavy atom. The lowest BCUT2D eigenvalue weighted by Crippen LogP contribution is -2.34. The topological polar surface area (TPSA) is 132 Å². The van der Waals surface area contributed by atoms with Crippen molar-refractivity contribution in [3.05, 3.63) is 30.1 Å². The van der Waals surface area contributed by atoms with Crippen molar-refractivity contribution in [3.63, 3.8) is 0 Å². The van der Waals surface area contributed by atoms with Gasteiger partial charge in [0.15, 0.2) is 12.4 Å². The normalized spacial score (nSPS) is 11.5. The summed E-state index contributed by atoms with van der Waals surface area (Å²) in [5.74, 6) is 0.0311. The van der Waals surface area contributed by atoms with E-state index in [0.717, 1.165) is 24.9 Å². The second-order valence-electron chi connectivity index (χ2n) is 9.04. The molecule has 0 bridgehead atoms. The van der Waals surface area contributed by atoms with E-state index in [0.29, 0.717) is 65.6 Å². The molecule has 0 radical (unpaired) electrons. The number of nitrogens with one attached hydrogen (secondary N) is 2. The summed E-state index contributed by atoms with van der Waals surface area (Å²) in [5.41, 5.74) is 0.318. The molecule has 1 aromatic rings. The number of pyridine rings is 1. The molecule has 0 spiro atoms. The number of ether oxygens (including phenoxy) is 4. The van der Waals surface area contributed by atoms with Gasteiger partial charge in [0.25, 0.3) is 0 Å². The molecule has 0 saturated carbocycles. The zero-order chi connectivity index (χ0) is 26.5. The number of aryl methyl sites for hydroxylation is 1. The Labute approximate surface area is 214 Å². The van der Waals surface area contributed by atoms with Crippen LogP contribution in [0.4, 0.5) is 4.79 Å². The van der Waals surface area contributed by atoms with Crippen LogP contribution in [-0.4, -0.2) is 81.8 Å². The lowest BCUT2D eigenvalue weighted by Gasteiger charge is -2.19. The van der Waals surface area contributed by atoms with Crippen LogP contribution in [-0.2, 0) is 30.3 Å². The van der Waals surface area contributed by atoms with Crippen LogP contribution in [0.1, 0.15) is 52.0 Å². The van der Waals surface area contributed by atoms with E-state index in [-0.39, 0.29) is 5.91 Å². The third kappa shape index (κ3) is 18.6. The number of hydrogen-bond donors (Lipinski definition) is 3. The summed E-state index contributed by atoms with van der Waals surface area (Å²) in [7, 11) is 0. The van der Waals surface area contributed by atoms with Crippen molar-refractivity contribution in [2.75, 3.05) is 52.7 Å². The molecule has 36 heavy (non-hydrogen) atoms. The number of amides is 2. The Morgan fingerprint density at radius 3 is 2.03 bits per heavy atom. The van der Waals surface area contributed by atoms with Crippen molar-refractivity contribution in [2.45, 2.75) is 58.6 Å². The number of alkyl carbamates (subject to hydrolysis) is 1. The first-order chi connectivity index (χ1) is 17.3. The molecule has 11 heteroatoms. The Bertz CT molecular complexity index is 752. The van der Waals surface area contributed by atoms with Crippen LogP contribution in [0, 0.1) is 0 Å². The maximum absolute atomic E-state index is 11.9. The second-order valence-corrected chi connectivity index (χ2v) is 9.04. The molecule has 1 aromatic heterocycles. The van der Waals surface area contributed by atoms with Crippen LogP contribution >= 0.6 is 0 Å². The van der Waals surface area contributed by atoms with Crippen molar-refractivity contribution < 1.29 is 38.3 Å². The number of nitrogens with zero attached hydrogens (tertiary/aromatic N) is 2.